The summed E-state index contributed by atoms with van der Waals surface area (Å²) in [5.41, 5.74) is 0.505. The first kappa shape index (κ1) is 12.0. The fourth-order valence-electron chi connectivity index (χ4n) is 3.07. The Bertz CT molecular complexity index is 402. The molecule has 18 heavy (non-hydrogen) atoms. The molecule has 2 atom stereocenters. The number of amides is 1. The topological polar surface area (TPSA) is 58.1 Å². The molecule has 2 unspecified atom stereocenters. The van der Waals surface area contributed by atoms with Crippen LogP contribution in [0.2, 0.25) is 0 Å². The van der Waals surface area contributed by atoms with Crippen LogP contribution in [0.4, 0.5) is 0 Å². The van der Waals surface area contributed by atoms with Crippen LogP contribution in [0.1, 0.15) is 42.6 Å². The maximum Gasteiger partial charge on any atom is 0.275 e. The molecule has 0 spiro atoms. The van der Waals surface area contributed by atoms with E-state index in [2.05, 4.69) is 14.1 Å². The van der Waals surface area contributed by atoms with Gasteiger partial charge in [-0.1, -0.05) is 0 Å². The Morgan fingerprint density at radius 3 is 3.06 bits per heavy atom. The summed E-state index contributed by atoms with van der Waals surface area (Å²) in [5, 5.41) is 3.53. The van der Waals surface area contributed by atoms with Gasteiger partial charge in [-0.2, -0.15) is 8.75 Å². The number of piperidine rings is 1. The third-order valence-corrected chi connectivity index (χ3v) is 4.43. The van der Waals surface area contributed by atoms with Gasteiger partial charge in [0.1, 0.15) is 0 Å². The number of rotatable bonds is 2. The molecule has 2 fully saturated rings. The van der Waals surface area contributed by atoms with Crippen molar-refractivity contribution in [1.29, 1.82) is 0 Å². The van der Waals surface area contributed by atoms with Crippen LogP contribution in [0.3, 0.4) is 0 Å². The normalized spacial score (nSPS) is 28.6. The first-order chi connectivity index (χ1) is 8.86. The average molecular weight is 266 g/mol. The van der Waals surface area contributed by atoms with E-state index in [-0.39, 0.29) is 5.91 Å². The van der Waals surface area contributed by atoms with E-state index in [9.17, 15) is 4.79 Å². The van der Waals surface area contributed by atoms with E-state index in [0.29, 0.717) is 17.8 Å². The zero-order valence-corrected chi connectivity index (χ0v) is 11.2. The van der Waals surface area contributed by atoms with Crippen molar-refractivity contribution >= 4 is 17.6 Å². The van der Waals surface area contributed by atoms with Gasteiger partial charge in [0.2, 0.25) is 0 Å². The van der Waals surface area contributed by atoms with Crippen LogP contribution < -0.4 is 5.32 Å². The third kappa shape index (κ3) is 2.27. The van der Waals surface area contributed by atoms with E-state index in [4.69, 9.17) is 0 Å². The lowest BCUT2D eigenvalue weighted by atomic mass is 9.94. The zero-order chi connectivity index (χ0) is 12.4. The Morgan fingerprint density at radius 1 is 1.39 bits per heavy atom. The molecule has 1 aromatic rings. The molecule has 1 aromatic heterocycles. The number of carbonyl (C=O) groups is 1. The lowest BCUT2D eigenvalue weighted by molar-refractivity contribution is 0.0558. The summed E-state index contributed by atoms with van der Waals surface area (Å²) in [6.07, 6.45) is 7.43. The molecule has 0 bridgehead atoms. The van der Waals surface area contributed by atoms with Crippen molar-refractivity contribution in [1.82, 2.24) is 19.0 Å². The Labute approximate surface area is 111 Å². The molecular formula is C12H18N4OS. The van der Waals surface area contributed by atoms with Gasteiger partial charge < -0.3 is 10.2 Å². The Hall–Kier alpha value is -1.01. The molecular weight excluding hydrogens is 248 g/mol. The van der Waals surface area contributed by atoms with E-state index < -0.39 is 0 Å². The number of nitrogens with zero attached hydrogens (tertiary/aromatic N) is 3. The van der Waals surface area contributed by atoms with Gasteiger partial charge in [-0.15, -0.1) is 0 Å². The number of likely N-dealkylation sites (tertiary alicyclic amines) is 1. The Balaban J connectivity index is 1.76. The second-order valence-corrected chi connectivity index (χ2v) is 5.61. The lowest BCUT2D eigenvalue weighted by Gasteiger charge is -2.38. The van der Waals surface area contributed by atoms with E-state index in [1.54, 1.807) is 6.20 Å². The fourth-order valence-corrected chi connectivity index (χ4v) is 3.48. The van der Waals surface area contributed by atoms with Crippen LogP contribution in [-0.4, -0.2) is 44.7 Å². The third-order valence-electron chi connectivity index (χ3n) is 3.95. The second-order valence-electron chi connectivity index (χ2n) is 5.06. The van der Waals surface area contributed by atoms with Gasteiger partial charge in [0.15, 0.2) is 5.69 Å². The molecule has 98 valence electrons. The fraction of sp³-hybridized carbons (Fsp3) is 0.750. The summed E-state index contributed by atoms with van der Waals surface area (Å²) in [6, 6.07) is 0.816. The number of nitrogens with one attached hydrogen (secondary N) is 1. The quantitative estimate of drug-likeness (QED) is 0.876. The van der Waals surface area contributed by atoms with Crippen molar-refractivity contribution in [3.8, 4) is 0 Å². The number of aromatic nitrogens is 2. The van der Waals surface area contributed by atoms with Crippen molar-refractivity contribution < 1.29 is 4.79 Å². The van der Waals surface area contributed by atoms with Gasteiger partial charge in [-0.3, -0.25) is 4.79 Å². The molecule has 3 rings (SSSR count). The van der Waals surface area contributed by atoms with Crippen LogP contribution in [0.25, 0.3) is 0 Å². The SMILES string of the molecule is O=C(c1cnsn1)N1CCCCC1C1CCCN1. The first-order valence-electron chi connectivity index (χ1n) is 6.68. The maximum atomic E-state index is 12.4. The van der Waals surface area contributed by atoms with Crippen molar-refractivity contribution in [2.75, 3.05) is 13.1 Å². The maximum absolute atomic E-state index is 12.4. The van der Waals surface area contributed by atoms with Gasteiger partial charge in [0.25, 0.3) is 5.91 Å². The Morgan fingerprint density at radius 2 is 2.33 bits per heavy atom. The van der Waals surface area contributed by atoms with Gasteiger partial charge in [-0.25, -0.2) is 0 Å². The minimum absolute atomic E-state index is 0.0575. The zero-order valence-electron chi connectivity index (χ0n) is 10.3. The molecule has 0 saturated carbocycles. The molecule has 0 radical (unpaired) electrons. The largest absolute Gasteiger partial charge is 0.333 e. The first-order valence-corrected chi connectivity index (χ1v) is 7.41. The van der Waals surface area contributed by atoms with E-state index in [1.165, 1.54) is 19.3 Å². The molecule has 6 heteroatoms. The van der Waals surface area contributed by atoms with Crippen LogP contribution in [-0.2, 0) is 0 Å². The number of hydrogen-bond donors (Lipinski definition) is 1. The van der Waals surface area contributed by atoms with Crippen LogP contribution in [0.5, 0.6) is 0 Å². The van der Waals surface area contributed by atoms with E-state index in [1.807, 2.05) is 4.90 Å². The van der Waals surface area contributed by atoms with Crippen molar-refractivity contribution in [3.63, 3.8) is 0 Å². The molecule has 2 aliphatic heterocycles. The van der Waals surface area contributed by atoms with Gasteiger partial charge in [-0.05, 0) is 38.6 Å². The highest BCUT2D eigenvalue weighted by atomic mass is 32.1. The summed E-state index contributed by atoms with van der Waals surface area (Å²) in [4.78, 5) is 14.4. The van der Waals surface area contributed by atoms with Gasteiger partial charge in [0.05, 0.1) is 17.9 Å². The summed E-state index contributed by atoms with van der Waals surface area (Å²) in [5.74, 6) is 0.0575. The molecule has 3 heterocycles. The number of hydrogen-bond acceptors (Lipinski definition) is 5. The molecule has 0 aromatic carbocycles. The molecule has 0 aliphatic carbocycles. The molecule has 2 aliphatic rings. The highest BCUT2D eigenvalue weighted by Crippen LogP contribution is 2.25. The van der Waals surface area contributed by atoms with Crippen LogP contribution in [0, 0.1) is 0 Å². The predicted molar refractivity (Wildman–Crippen MR) is 69.6 cm³/mol. The summed E-state index contributed by atoms with van der Waals surface area (Å²) < 4.78 is 8.00. The number of carbonyl (C=O) groups excluding carboxylic acids is 1. The minimum atomic E-state index is 0.0575. The molecule has 5 nitrogen and oxygen atoms in total. The summed E-state index contributed by atoms with van der Waals surface area (Å²) in [7, 11) is 0. The van der Waals surface area contributed by atoms with E-state index in [0.717, 1.165) is 37.7 Å². The van der Waals surface area contributed by atoms with Gasteiger partial charge in [0, 0.05) is 18.6 Å². The lowest BCUT2D eigenvalue weighted by Crippen LogP contribution is -2.52. The highest BCUT2D eigenvalue weighted by Gasteiger charge is 2.35. The standard InChI is InChI=1S/C12H18N4OS/c17-12(10-8-14-18-15-10)16-7-2-1-5-11(16)9-4-3-6-13-9/h8-9,11,13H,1-7H2. The van der Waals surface area contributed by atoms with Crippen LogP contribution >= 0.6 is 11.7 Å². The smallest absolute Gasteiger partial charge is 0.275 e. The molecule has 2 saturated heterocycles. The van der Waals surface area contributed by atoms with Crippen molar-refractivity contribution in [2.24, 2.45) is 0 Å². The van der Waals surface area contributed by atoms with Gasteiger partial charge >= 0.3 is 0 Å². The average Bonchev–Trinajstić information content (AvgIpc) is 3.11. The summed E-state index contributed by atoms with van der Waals surface area (Å²) >= 11 is 1.10. The summed E-state index contributed by atoms with van der Waals surface area (Å²) in [6.45, 7) is 1.95. The van der Waals surface area contributed by atoms with E-state index >= 15 is 0 Å². The molecule has 1 N–H and O–H groups in total. The predicted octanol–water partition coefficient (Wildman–Crippen LogP) is 1.28. The monoisotopic (exact) mass is 266 g/mol. The highest BCUT2D eigenvalue weighted by molar-refractivity contribution is 6.99. The van der Waals surface area contributed by atoms with Crippen molar-refractivity contribution in [2.45, 2.75) is 44.2 Å². The van der Waals surface area contributed by atoms with Crippen molar-refractivity contribution in [3.05, 3.63) is 11.9 Å². The minimum Gasteiger partial charge on any atom is -0.333 e. The Kier molecular flexibility index (Phi) is 3.56. The molecule has 1 amide bonds. The second kappa shape index (κ2) is 5.32. The van der Waals surface area contributed by atoms with Crippen LogP contribution in [0.15, 0.2) is 6.20 Å².